The van der Waals surface area contributed by atoms with E-state index in [-0.39, 0.29) is 30.1 Å². The molecule has 2 fully saturated rings. The Morgan fingerprint density at radius 2 is 1.49 bits per heavy atom. The molecule has 2 aromatic rings. The summed E-state index contributed by atoms with van der Waals surface area (Å²) in [4.78, 5) is 14.0. The van der Waals surface area contributed by atoms with E-state index < -0.39 is 23.2 Å². The van der Waals surface area contributed by atoms with Crippen LogP contribution >= 0.6 is 0 Å². The van der Waals surface area contributed by atoms with Crippen molar-refractivity contribution in [2.75, 3.05) is 10.6 Å². The number of benzene rings is 2. The van der Waals surface area contributed by atoms with Gasteiger partial charge in [-0.25, -0.2) is 13.2 Å². The molecule has 3 aliphatic rings. The summed E-state index contributed by atoms with van der Waals surface area (Å²) in [6, 6.07) is 8.13. The number of hydrogen-bond donors (Lipinski definition) is 3. The third-order valence-corrected chi connectivity index (χ3v) is 8.07. The van der Waals surface area contributed by atoms with Crippen LogP contribution in [0.15, 0.2) is 36.4 Å². The Labute approximate surface area is 205 Å². The summed E-state index contributed by atoms with van der Waals surface area (Å²) in [5, 5.41) is 10.2. The van der Waals surface area contributed by atoms with E-state index in [4.69, 9.17) is 0 Å². The van der Waals surface area contributed by atoms with E-state index in [1.165, 1.54) is 30.7 Å². The van der Waals surface area contributed by atoms with E-state index >= 15 is 0 Å². The van der Waals surface area contributed by atoms with Gasteiger partial charge < -0.3 is 16.0 Å². The Bertz CT molecular complexity index is 1070. The highest BCUT2D eigenvalue weighted by Gasteiger charge is 2.51. The maximum Gasteiger partial charge on any atom is 0.227 e. The number of hydrogen-bond acceptors (Lipinski definition) is 3. The van der Waals surface area contributed by atoms with Crippen LogP contribution in [0.5, 0.6) is 0 Å². The molecular weight excluding hydrogens is 451 g/mol. The SMILES string of the molecule is O=C(NC1CCCCC1)C(C1CCCCC1)C1(Cc2ccc(F)cc2F)Nc2ccc(F)cc2N1. The third kappa shape index (κ3) is 5.14. The first-order valence-electron chi connectivity index (χ1n) is 13.0. The maximum atomic E-state index is 14.9. The van der Waals surface area contributed by atoms with Crippen LogP contribution in [0.1, 0.15) is 69.8 Å². The molecule has 2 unspecified atom stereocenters. The summed E-state index contributed by atoms with van der Waals surface area (Å²) in [6.45, 7) is 0. The molecule has 2 atom stereocenters. The highest BCUT2D eigenvalue weighted by atomic mass is 19.1. The maximum absolute atomic E-state index is 14.9. The van der Waals surface area contributed by atoms with E-state index in [0.29, 0.717) is 16.9 Å². The van der Waals surface area contributed by atoms with Crippen molar-refractivity contribution in [3.63, 3.8) is 0 Å². The molecule has 2 aromatic carbocycles. The second-order valence-corrected chi connectivity index (χ2v) is 10.5. The van der Waals surface area contributed by atoms with Crippen LogP contribution in [0.25, 0.3) is 0 Å². The van der Waals surface area contributed by atoms with E-state index in [0.717, 1.165) is 63.9 Å². The zero-order chi connectivity index (χ0) is 24.4. The molecule has 0 bridgehead atoms. The minimum atomic E-state index is -1.06. The Hall–Kier alpha value is -2.70. The van der Waals surface area contributed by atoms with Gasteiger partial charge in [-0.2, -0.15) is 0 Å². The lowest BCUT2D eigenvalue weighted by atomic mass is 9.71. The lowest BCUT2D eigenvalue weighted by Gasteiger charge is -2.44. The molecule has 0 saturated heterocycles. The van der Waals surface area contributed by atoms with Gasteiger partial charge in [0.2, 0.25) is 5.91 Å². The van der Waals surface area contributed by atoms with Crippen molar-refractivity contribution in [3.8, 4) is 0 Å². The molecule has 2 aliphatic carbocycles. The van der Waals surface area contributed by atoms with Gasteiger partial charge in [-0.05, 0) is 61.4 Å². The first kappa shape index (κ1) is 24.0. The van der Waals surface area contributed by atoms with Crippen molar-refractivity contribution < 1.29 is 18.0 Å². The van der Waals surface area contributed by atoms with Crippen LogP contribution < -0.4 is 16.0 Å². The molecule has 35 heavy (non-hydrogen) atoms. The second-order valence-electron chi connectivity index (χ2n) is 10.5. The minimum absolute atomic E-state index is 0.0420. The Morgan fingerprint density at radius 1 is 0.857 bits per heavy atom. The zero-order valence-corrected chi connectivity index (χ0v) is 20.0. The highest BCUT2D eigenvalue weighted by Crippen LogP contribution is 2.45. The quantitative estimate of drug-likeness (QED) is 0.436. The Morgan fingerprint density at radius 3 is 2.20 bits per heavy atom. The van der Waals surface area contributed by atoms with Crippen LogP contribution in [0.2, 0.25) is 0 Å². The summed E-state index contributed by atoms with van der Waals surface area (Å²) in [7, 11) is 0. The van der Waals surface area contributed by atoms with Gasteiger partial charge in [0, 0.05) is 18.5 Å². The largest absolute Gasteiger partial charge is 0.360 e. The predicted octanol–water partition coefficient (Wildman–Crippen LogP) is 6.53. The standard InChI is InChI=1S/C28H34F3N3O/c29-20-12-11-19(23(31)15-20)17-28(33-24-14-13-21(30)16-25(24)34-28)26(18-7-3-1-4-8-18)27(35)32-22-9-5-2-6-10-22/h11-16,18,22,26,33-34H,1-10,17H2,(H,32,35). The summed E-state index contributed by atoms with van der Waals surface area (Å²) in [5.41, 5.74) is 0.486. The molecule has 7 heteroatoms. The number of amides is 1. The van der Waals surface area contributed by atoms with E-state index in [2.05, 4.69) is 16.0 Å². The lowest BCUT2D eigenvalue weighted by Crippen LogP contribution is -2.60. The summed E-state index contributed by atoms with van der Waals surface area (Å²) in [5.74, 6) is -2.14. The number of fused-ring (bicyclic) bond motifs is 1. The van der Waals surface area contributed by atoms with Crippen molar-refractivity contribution in [3.05, 3.63) is 59.4 Å². The molecular formula is C28H34F3N3O. The van der Waals surface area contributed by atoms with Crippen LogP contribution in [0, 0.1) is 29.3 Å². The molecule has 2 saturated carbocycles. The number of carbonyl (C=O) groups excluding carboxylic acids is 1. The van der Waals surface area contributed by atoms with Crippen LogP contribution in [-0.4, -0.2) is 17.6 Å². The molecule has 0 aromatic heterocycles. The monoisotopic (exact) mass is 485 g/mol. The van der Waals surface area contributed by atoms with Crippen molar-refractivity contribution in [2.24, 2.45) is 11.8 Å². The molecule has 3 N–H and O–H groups in total. The normalized spacial score (nSPS) is 23.7. The average molecular weight is 486 g/mol. The fourth-order valence-corrected chi connectivity index (χ4v) is 6.41. The Kier molecular flexibility index (Phi) is 6.94. The van der Waals surface area contributed by atoms with Gasteiger partial charge in [-0.15, -0.1) is 0 Å². The molecule has 1 aliphatic heterocycles. The number of nitrogens with one attached hydrogen (secondary N) is 3. The highest BCUT2D eigenvalue weighted by molar-refractivity contribution is 5.86. The third-order valence-electron chi connectivity index (χ3n) is 8.07. The topological polar surface area (TPSA) is 53.2 Å². The van der Waals surface area contributed by atoms with E-state index in [9.17, 15) is 18.0 Å². The van der Waals surface area contributed by atoms with E-state index in [1.54, 1.807) is 6.07 Å². The first-order valence-corrected chi connectivity index (χ1v) is 13.0. The van der Waals surface area contributed by atoms with Crippen LogP contribution in [0.3, 0.4) is 0 Å². The van der Waals surface area contributed by atoms with Gasteiger partial charge in [0.15, 0.2) is 0 Å². The van der Waals surface area contributed by atoms with Gasteiger partial charge in [0.25, 0.3) is 0 Å². The van der Waals surface area contributed by atoms with Crippen LogP contribution in [0.4, 0.5) is 24.5 Å². The van der Waals surface area contributed by atoms with Gasteiger partial charge >= 0.3 is 0 Å². The molecule has 0 radical (unpaired) electrons. The molecule has 1 heterocycles. The smallest absolute Gasteiger partial charge is 0.227 e. The fraction of sp³-hybridized carbons (Fsp3) is 0.536. The number of halogens is 3. The first-order chi connectivity index (χ1) is 16.9. The second kappa shape index (κ2) is 10.1. The van der Waals surface area contributed by atoms with Gasteiger partial charge in [-0.1, -0.05) is 44.6 Å². The summed E-state index contributed by atoms with van der Waals surface area (Å²) >= 11 is 0. The molecule has 0 spiro atoms. The molecule has 5 rings (SSSR count). The average Bonchev–Trinajstić information content (AvgIpc) is 3.20. The van der Waals surface area contributed by atoms with Crippen LogP contribution in [-0.2, 0) is 11.2 Å². The molecule has 188 valence electrons. The van der Waals surface area contributed by atoms with Crippen molar-refractivity contribution >= 4 is 17.3 Å². The summed E-state index contributed by atoms with van der Waals surface area (Å²) < 4.78 is 42.7. The van der Waals surface area contributed by atoms with Gasteiger partial charge in [-0.3, -0.25) is 4.79 Å². The molecule has 1 amide bonds. The molecule has 4 nitrogen and oxygen atoms in total. The van der Waals surface area contributed by atoms with E-state index in [1.807, 2.05) is 0 Å². The predicted molar refractivity (Wildman–Crippen MR) is 132 cm³/mol. The lowest BCUT2D eigenvalue weighted by molar-refractivity contribution is -0.130. The number of carbonyl (C=O) groups is 1. The zero-order valence-electron chi connectivity index (χ0n) is 20.0. The van der Waals surface area contributed by atoms with Crippen molar-refractivity contribution in [1.82, 2.24) is 5.32 Å². The van der Waals surface area contributed by atoms with Gasteiger partial charge in [0.05, 0.1) is 17.3 Å². The number of rotatable bonds is 6. The van der Waals surface area contributed by atoms with Crippen molar-refractivity contribution in [2.45, 2.75) is 82.3 Å². The minimum Gasteiger partial charge on any atom is -0.360 e. The number of anilines is 2. The Balaban J connectivity index is 1.54. The van der Waals surface area contributed by atoms with Crippen molar-refractivity contribution in [1.29, 1.82) is 0 Å². The summed E-state index contributed by atoms with van der Waals surface area (Å²) in [6.07, 6.45) is 10.5. The fourth-order valence-electron chi connectivity index (χ4n) is 6.41. The van der Waals surface area contributed by atoms with Gasteiger partial charge in [0.1, 0.15) is 23.1 Å².